The molecule has 0 unspecified atom stereocenters. The summed E-state index contributed by atoms with van der Waals surface area (Å²) in [6.45, 7) is 7.85. The Bertz CT molecular complexity index is 367. The molecule has 0 fully saturated rings. The fourth-order valence-electron chi connectivity index (χ4n) is 1.13. The van der Waals surface area contributed by atoms with Gasteiger partial charge >= 0.3 is 0 Å². The molecule has 0 saturated carbocycles. The van der Waals surface area contributed by atoms with Crippen molar-refractivity contribution in [1.82, 2.24) is 10.1 Å². The standard InChI is InChI=1S/C11H18N2O3S/c1-5-15-8(3)11-12-10(16-13-11)6-17-9(4)7(2)14/h8-9H,5-6H2,1-4H3/t8-,9-/m1/s1. The zero-order chi connectivity index (χ0) is 12.8. The number of carbonyl (C=O) groups excluding carboxylic acids is 1. The zero-order valence-electron chi connectivity index (χ0n) is 10.6. The summed E-state index contributed by atoms with van der Waals surface area (Å²) in [6, 6.07) is 0. The van der Waals surface area contributed by atoms with Crippen molar-refractivity contribution in [2.45, 2.75) is 44.8 Å². The second-order valence-corrected chi connectivity index (χ2v) is 5.04. The van der Waals surface area contributed by atoms with Crippen LogP contribution in [0.1, 0.15) is 45.5 Å². The van der Waals surface area contributed by atoms with Crippen LogP contribution in [0, 0.1) is 0 Å². The first-order valence-corrected chi connectivity index (χ1v) is 6.65. The SMILES string of the molecule is CCO[C@H](C)c1noc(CS[C@H](C)C(C)=O)n1. The van der Waals surface area contributed by atoms with Gasteiger partial charge in [-0.3, -0.25) is 4.79 Å². The summed E-state index contributed by atoms with van der Waals surface area (Å²) >= 11 is 1.49. The molecule has 1 aromatic heterocycles. The minimum absolute atomic E-state index is 0.0466. The van der Waals surface area contributed by atoms with Crippen LogP contribution in [-0.4, -0.2) is 27.8 Å². The number of rotatable bonds is 7. The highest BCUT2D eigenvalue weighted by atomic mass is 32.2. The third-order valence-corrected chi connectivity index (χ3v) is 3.54. The van der Waals surface area contributed by atoms with Crippen LogP contribution < -0.4 is 0 Å². The van der Waals surface area contributed by atoms with Gasteiger partial charge in [0, 0.05) is 6.61 Å². The van der Waals surface area contributed by atoms with E-state index in [-0.39, 0.29) is 17.1 Å². The number of aromatic nitrogens is 2. The molecule has 1 aromatic rings. The van der Waals surface area contributed by atoms with Crippen LogP contribution >= 0.6 is 11.8 Å². The maximum absolute atomic E-state index is 11.1. The predicted octanol–water partition coefficient (Wildman–Crippen LogP) is 2.38. The summed E-state index contributed by atoms with van der Waals surface area (Å²) in [5.74, 6) is 1.78. The molecule has 0 aliphatic rings. The van der Waals surface area contributed by atoms with Gasteiger partial charge in [0.15, 0.2) is 5.82 Å². The van der Waals surface area contributed by atoms with Crippen LogP contribution in [0.5, 0.6) is 0 Å². The molecule has 0 radical (unpaired) electrons. The number of ketones is 1. The van der Waals surface area contributed by atoms with E-state index in [0.29, 0.717) is 24.1 Å². The molecule has 96 valence electrons. The van der Waals surface area contributed by atoms with Crippen molar-refractivity contribution in [3.05, 3.63) is 11.7 Å². The summed E-state index contributed by atoms with van der Waals surface area (Å²) in [4.78, 5) is 15.3. The Hall–Kier alpha value is -0.880. The van der Waals surface area contributed by atoms with Crippen LogP contribution in [0.3, 0.4) is 0 Å². The lowest BCUT2D eigenvalue weighted by atomic mass is 10.3. The average Bonchev–Trinajstić information content (AvgIpc) is 2.74. The predicted molar refractivity (Wildman–Crippen MR) is 65.8 cm³/mol. The number of hydrogen-bond donors (Lipinski definition) is 0. The van der Waals surface area contributed by atoms with Crippen molar-refractivity contribution in [1.29, 1.82) is 0 Å². The van der Waals surface area contributed by atoms with Crippen molar-refractivity contribution in [2.75, 3.05) is 6.61 Å². The highest BCUT2D eigenvalue weighted by molar-refractivity contribution is 7.99. The van der Waals surface area contributed by atoms with E-state index >= 15 is 0 Å². The molecule has 0 spiro atoms. The molecule has 0 aliphatic carbocycles. The molecule has 0 aliphatic heterocycles. The summed E-state index contributed by atoms with van der Waals surface area (Å²) in [5.41, 5.74) is 0. The summed E-state index contributed by atoms with van der Waals surface area (Å²) < 4.78 is 10.4. The first-order chi connectivity index (χ1) is 8.04. The van der Waals surface area contributed by atoms with Crippen LogP contribution in [0.4, 0.5) is 0 Å². The van der Waals surface area contributed by atoms with E-state index in [0.717, 1.165) is 0 Å². The summed E-state index contributed by atoms with van der Waals surface area (Å²) in [6.07, 6.45) is -0.160. The fourth-order valence-corrected chi connectivity index (χ4v) is 1.87. The molecule has 5 nitrogen and oxygen atoms in total. The molecule has 0 aromatic carbocycles. The smallest absolute Gasteiger partial charge is 0.236 e. The number of nitrogens with zero attached hydrogens (tertiary/aromatic N) is 2. The highest BCUT2D eigenvalue weighted by Gasteiger charge is 2.15. The molecule has 6 heteroatoms. The molecule has 0 N–H and O–H groups in total. The van der Waals surface area contributed by atoms with Crippen LogP contribution in [0.2, 0.25) is 0 Å². The van der Waals surface area contributed by atoms with E-state index in [1.807, 2.05) is 20.8 Å². The molecule has 1 heterocycles. The van der Waals surface area contributed by atoms with Gasteiger partial charge in [0.2, 0.25) is 5.89 Å². The second-order valence-electron chi connectivity index (χ2n) is 3.71. The van der Waals surface area contributed by atoms with E-state index < -0.39 is 0 Å². The molecule has 2 atom stereocenters. The van der Waals surface area contributed by atoms with Gasteiger partial charge in [-0.2, -0.15) is 4.98 Å². The number of ether oxygens (including phenoxy) is 1. The normalized spacial score (nSPS) is 14.6. The molecule has 0 amide bonds. The number of thioether (sulfide) groups is 1. The third kappa shape index (κ3) is 4.47. The van der Waals surface area contributed by atoms with E-state index in [2.05, 4.69) is 10.1 Å². The molecule has 0 saturated heterocycles. The van der Waals surface area contributed by atoms with Crippen molar-refractivity contribution < 1.29 is 14.1 Å². The zero-order valence-corrected chi connectivity index (χ0v) is 11.4. The lowest BCUT2D eigenvalue weighted by Crippen LogP contribution is -2.08. The van der Waals surface area contributed by atoms with Crippen molar-refractivity contribution in [2.24, 2.45) is 0 Å². The Kier molecular flexibility index (Phi) is 5.64. The fraction of sp³-hybridized carbons (Fsp3) is 0.727. The molecule has 1 rings (SSSR count). The average molecular weight is 258 g/mol. The number of hydrogen-bond acceptors (Lipinski definition) is 6. The van der Waals surface area contributed by atoms with Crippen LogP contribution in [-0.2, 0) is 15.3 Å². The summed E-state index contributed by atoms with van der Waals surface area (Å²) in [5, 5.41) is 3.80. The Morgan fingerprint density at radius 3 is 2.82 bits per heavy atom. The van der Waals surface area contributed by atoms with E-state index in [4.69, 9.17) is 9.26 Å². The topological polar surface area (TPSA) is 65.2 Å². The largest absolute Gasteiger partial charge is 0.371 e. The maximum Gasteiger partial charge on any atom is 0.236 e. The van der Waals surface area contributed by atoms with E-state index in [1.165, 1.54) is 11.8 Å². The Morgan fingerprint density at radius 2 is 2.24 bits per heavy atom. The first kappa shape index (κ1) is 14.2. The van der Waals surface area contributed by atoms with E-state index in [9.17, 15) is 4.79 Å². The Labute approximate surface area is 105 Å². The molecular formula is C11H18N2O3S. The van der Waals surface area contributed by atoms with Gasteiger partial charge in [0.1, 0.15) is 11.9 Å². The first-order valence-electron chi connectivity index (χ1n) is 5.60. The number of Topliss-reactive ketones (excluding diaryl/α,β-unsaturated/α-hetero) is 1. The van der Waals surface area contributed by atoms with E-state index in [1.54, 1.807) is 6.92 Å². The number of carbonyl (C=O) groups is 1. The minimum Gasteiger partial charge on any atom is -0.371 e. The van der Waals surface area contributed by atoms with Gasteiger partial charge in [-0.25, -0.2) is 0 Å². The third-order valence-electron chi connectivity index (χ3n) is 2.29. The maximum atomic E-state index is 11.1. The van der Waals surface area contributed by atoms with Crippen molar-refractivity contribution in [3.8, 4) is 0 Å². The quantitative estimate of drug-likeness (QED) is 0.748. The van der Waals surface area contributed by atoms with Gasteiger partial charge < -0.3 is 9.26 Å². The van der Waals surface area contributed by atoms with Crippen molar-refractivity contribution in [3.63, 3.8) is 0 Å². The van der Waals surface area contributed by atoms with Gasteiger partial charge in [-0.15, -0.1) is 11.8 Å². The monoisotopic (exact) mass is 258 g/mol. The Morgan fingerprint density at radius 1 is 1.53 bits per heavy atom. The van der Waals surface area contributed by atoms with Crippen LogP contribution in [0.15, 0.2) is 4.52 Å². The lowest BCUT2D eigenvalue weighted by Gasteiger charge is -2.05. The Balaban J connectivity index is 2.48. The molecular weight excluding hydrogens is 240 g/mol. The van der Waals surface area contributed by atoms with Gasteiger partial charge in [-0.1, -0.05) is 5.16 Å². The summed E-state index contributed by atoms with van der Waals surface area (Å²) in [7, 11) is 0. The molecule has 17 heavy (non-hydrogen) atoms. The highest BCUT2D eigenvalue weighted by Crippen LogP contribution is 2.19. The molecule has 0 bridgehead atoms. The van der Waals surface area contributed by atoms with Gasteiger partial charge in [0.25, 0.3) is 0 Å². The minimum atomic E-state index is -0.160. The lowest BCUT2D eigenvalue weighted by molar-refractivity contribution is -0.116. The van der Waals surface area contributed by atoms with Gasteiger partial charge in [-0.05, 0) is 27.7 Å². The van der Waals surface area contributed by atoms with Crippen LogP contribution in [0.25, 0.3) is 0 Å². The second kappa shape index (κ2) is 6.76. The van der Waals surface area contributed by atoms with Gasteiger partial charge in [0.05, 0.1) is 11.0 Å². The van der Waals surface area contributed by atoms with Crippen molar-refractivity contribution >= 4 is 17.5 Å².